The third-order valence-corrected chi connectivity index (χ3v) is 1.69. The minimum atomic E-state index is 0.573. The van der Waals surface area contributed by atoms with E-state index in [0.29, 0.717) is 6.42 Å². The van der Waals surface area contributed by atoms with Gasteiger partial charge in [0.05, 0.1) is 12.0 Å². The van der Waals surface area contributed by atoms with Crippen LogP contribution in [0.2, 0.25) is 0 Å². The molecule has 0 amide bonds. The van der Waals surface area contributed by atoms with E-state index in [0.717, 1.165) is 31.4 Å². The van der Waals surface area contributed by atoms with Crippen molar-refractivity contribution in [3.05, 3.63) is 18.2 Å². The van der Waals surface area contributed by atoms with Crippen molar-refractivity contribution >= 4 is 6.29 Å². The highest BCUT2D eigenvalue weighted by molar-refractivity contribution is 5.49. The maximum Gasteiger partial charge on any atom is 0.120 e. The molecule has 1 rings (SSSR count). The molecule has 0 atom stereocenters. The summed E-state index contributed by atoms with van der Waals surface area (Å²) in [7, 11) is 0. The van der Waals surface area contributed by atoms with Gasteiger partial charge >= 0.3 is 0 Å². The van der Waals surface area contributed by atoms with Crippen molar-refractivity contribution in [2.75, 3.05) is 0 Å². The van der Waals surface area contributed by atoms with E-state index in [1.54, 1.807) is 0 Å². The summed E-state index contributed by atoms with van der Waals surface area (Å²) >= 11 is 0. The van der Waals surface area contributed by atoms with E-state index in [4.69, 9.17) is 0 Å². The molecule has 66 valence electrons. The first kappa shape index (κ1) is 8.97. The lowest BCUT2D eigenvalue weighted by atomic mass is 10.3. The Morgan fingerprint density at radius 1 is 1.67 bits per heavy atom. The third-order valence-electron chi connectivity index (χ3n) is 1.69. The van der Waals surface area contributed by atoms with Crippen molar-refractivity contribution in [2.45, 2.75) is 32.7 Å². The van der Waals surface area contributed by atoms with E-state index in [1.807, 2.05) is 12.5 Å². The van der Waals surface area contributed by atoms with Crippen LogP contribution >= 0.6 is 0 Å². The molecule has 1 aromatic rings. The molecule has 0 aliphatic carbocycles. The topological polar surface area (TPSA) is 34.9 Å². The molecule has 1 aromatic heterocycles. The standard InChI is InChI=1S/C9H14N2O/c1-2-5-11-7-9(10-8-11)4-3-6-12/h6-8H,2-5H2,1H3. The molecule has 0 saturated carbocycles. The van der Waals surface area contributed by atoms with Gasteiger partial charge in [-0.3, -0.25) is 0 Å². The van der Waals surface area contributed by atoms with Crippen LogP contribution < -0.4 is 0 Å². The largest absolute Gasteiger partial charge is 0.337 e. The van der Waals surface area contributed by atoms with Crippen molar-refractivity contribution in [2.24, 2.45) is 0 Å². The van der Waals surface area contributed by atoms with Crippen molar-refractivity contribution in [1.82, 2.24) is 9.55 Å². The Morgan fingerprint density at radius 3 is 3.17 bits per heavy atom. The Balaban J connectivity index is 2.46. The molecule has 0 unspecified atom stereocenters. The molecule has 0 bridgehead atoms. The summed E-state index contributed by atoms with van der Waals surface area (Å²) in [5.74, 6) is 0. The van der Waals surface area contributed by atoms with Gasteiger partial charge in [-0.2, -0.15) is 0 Å². The molecule has 3 nitrogen and oxygen atoms in total. The summed E-state index contributed by atoms with van der Waals surface area (Å²) in [6.07, 6.45) is 7.21. The zero-order chi connectivity index (χ0) is 8.81. The van der Waals surface area contributed by atoms with E-state index in [-0.39, 0.29) is 0 Å². The normalized spacial score (nSPS) is 10.1. The zero-order valence-electron chi connectivity index (χ0n) is 7.36. The number of rotatable bonds is 5. The number of imidazole rings is 1. The van der Waals surface area contributed by atoms with Crippen molar-refractivity contribution in [3.8, 4) is 0 Å². The highest BCUT2D eigenvalue weighted by Gasteiger charge is 1.96. The van der Waals surface area contributed by atoms with Crippen LogP contribution in [-0.2, 0) is 17.8 Å². The van der Waals surface area contributed by atoms with Crippen LogP contribution in [0.1, 0.15) is 25.5 Å². The fourth-order valence-corrected chi connectivity index (χ4v) is 1.12. The van der Waals surface area contributed by atoms with Crippen molar-refractivity contribution in [1.29, 1.82) is 0 Å². The number of carbonyl (C=O) groups excluding carboxylic acids is 1. The number of nitrogens with zero attached hydrogens (tertiary/aromatic N) is 2. The van der Waals surface area contributed by atoms with Gasteiger partial charge in [0.25, 0.3) is 0 Å². The number of aryl methyl sites for hydroxylation is 2. The Morgan fingerprint density at radius 2 is 2.50 bits per heavy atom. The van der Waals surface area contributed by atoms with Gasteiger partial charge in [0.2, 0.25) is 0 Å². The Kier molecular flexibility index (Phi) is 3.51. The first-order valence-electron chi connectivity index (χ1n) is 4.31. The molecule has 1 heterocycles. The number of hydrogen-bond acceptors (Lipinski definition) is 2. The Labute approximate surface area is 72.4 Å². The fourth-order valence-electron chi connectivity index (χ4n) is 1.12. The molecule has 0 N–H and O–H groups in total. The van der Waals surface area contributed by atoms with Crippen LogP contribution in [0.3, 0.4) is 0 Å². The molecule has 0 saturated heterocycles. The minimum Gasteiger partial charge on any atom is -0.337 e. The highest BCUT2D eigenvalue weighted by atomic mass is 16.1. The second-order valence-corrected chi connectivity index (χ2v) is 2.81. The highest BCUT2D eigenvalue weighted by Crippen LogP contribution is 1.99. The predicted octanol–water partition coefficient (Wildman–Crippen LogP) is 1.42. The maximum absolute atomic E-state index is 10.1. The lowest BCUT2D eigenvalue weighted by Gasteiger charge is -1.94. The number of aldehydes is 1. The summed E-state index contributed by atoms with van der Waals surface area (Å²) in [5.41, 5.74) is 1.01. The van der Waals surface area contributed by atoms with Crippen LogP contribution in [-0.4, -0.2) is 15.8 Å². The van der Waals surface area contributed by atoms with Gasteiger partial charge in [0.1, 0.15) is 6.29 Å². The van der Waals surface area contributed by atoms with Crippen molar-refractivity contribution < 1.29 is 4.79 Å². The van der Waals surface area contributed by atoms with Crippen LogP contribution in [0.25, 0.3) is 0 Å². The fraction of sp³-hybridized carbons (Fsp3) is 0.556. The number of aromatic nitrogens is 2. The van der Waals surface area contributed by atoms with Crippen LogP contribution in [0.5, 0.6) is 0 Å². The lowest BCUT2D eigenvalue weighted by Crippen LogP contribution is -1.91. The summed E-state index contributed by atoms with van der Waals surface area (Å²) in [6.45, 7) is 3.14. The van der Waals surface area contributed by atoms with E-state index in [2.05, 4.69) is 16.5 Å². The molecular weight excluding hydrogens is 152 g/mol. The molecule has 12 heavy (non-hydrogen) atoms. The number of hydrogen-bond donors (Lipinski definition) is 0. The summed E-state index contributed by atoms with van der Waals surface area (Å²) in [4.78, 5) is 14.3. The maximum atomic E-state index is 10.1. The minimum absolute atomic E-state index is 0.573. The molecular formula is C9H14N2O. The Bertz CT molecular complexity index is 242. The van der Waals surface area contributed by atoms with Gasteiger partial charge in [-0.25, -0.2) is 4.98 Å². The van der Waals surface area contributed by atoms with E-state index in [1.165, 1.54) is 0 Å². The average molecular weight is 166 g/mol. The quantitative estimate of drug-likeness (QED) is 0.620. The van der Waals surface area contributed by atoms with Crippen LogP contribution in [0.4, 0.5) is 0 Å². The molecule has 0 aliphatic heterocycles. The average Bonchev–Trinajstić information content (AvgIpc) is 2.50. The zero-order valence-corrected chi connectivity index (χ0v) is 7.36. The van der Waals surface area contributed by atoms with Gasteiger partial charge in [-0.1, -0.05) is 6.92 Å². The van der Waals surface area contributed by atoms with Crippen LogP contribution in [0, 0.1) is 0 Å². The van der Waals surface area contributed by atoms with Crippen molar-refractivity contribution in [3.63, 3.8) is 0 Å². The third kappa shape index (κ3) is 2.49. The summed E-state index contributed by atoms with van der Waals surface area (Å²) < 4.78 is 2.06. The van der Waals surface area contributed by atoms with Gasteiger partial charge in [-0.15, -0.1) is 0 Å². The number of carbonyl (C=O) groups is 1. The molecule has 0 spiro atoms. The van der Waals surface area contributed by atoms with Gasteiger partial charge in [0, 0.05) is 19.2 Å². The Hall–Kier alpha value is -1.12. The van der Waals surface area contributed by atoms with E-state index < -0.39 is 0 Å². The van der Waals surface area contributed by atoms with E-state index >= 15 is 0 Å². The second-order valence-electron chi connectivity index (χ2n) is 2.81. The van der Waals surface area contributed by atoms with Gasteiger partial charge in [0.15, 0.2) is 0 Å². The van der Waals surface area contributed by atoms with Gasteiger partial charge in [-0.05, 0) is 12.8 Å². The van der Waals surface area contributed by atoms with E-state index in [9.17, 15) is 4.79 Å². The molecule has 3 heteroatoms. The smallest absolute Gasteiger partial charge is 0.120 e. The first-order valence-corrected chi connectivity index (χ1v) is 4.31. The van der Waals surface area contributed by atoms with Gasteiger partial charge < -0.3 is 9.36 Å². The molecule has 0 fully saturated rings. The molecule has 0 aliphatic rings. The second kappa shape index (κ2) is 4.70. The lowest BCUT2D eigenvalue weighted by molar-refractivity contribution is -0.107. The van der Waals surface area contributed by atoms with Crippen LogP contribution in [0.15, 0.2) is 12.5 Å². The molecule has 0 radical (unpaired) electrons. The summed E-state index contributed by atoms with van der Waals surface area (Å²) in [6, 6.07) is 0. The summed E-state index contributed by atoms with van der Waals surface area (Å²) in [5, 5.41) is 0. The monoisotopic (exact) mass is 166 g/mol. The SMILES string of the molecule is CCCn1cnc(CCC=O)c1. The first-order chi connectivity index (χ1) is 5.86. The predicted molar refractivity (Wildman–Crippen MR) is 46.9 cm³/mol. The molecule has 0 aromatic carbocycles.